The first kappa shape index (κ1) is 15.9. The highest BCUT2D eigenvalue weighted by atomic mass is 79.9. The van der Waals surface area contributed by atoms with Gasteiger partial charge < -0.3 is 9.64 Å². The lowest BCUT2D eigenvalue weighted by atomic mass is 9.61. The van der Waals surface area contributed by atoms with Crippen LogP contribution in [0.25, 0.3) is 5.65 Å². The molecule has 128 valence electrons. The Morgan fingerprint density at radius 2 is 2.29 bits per heavy atom. The number of amides is 2. The van der Waals surface area contributed by atoms with Gasteiger partial charge in [0.05, 0.1) is 17.3 Å². The summed E-state index contributed by atoms with van der Waals surface area (Å²) in [4.78, 5) is 18.8. The number of nitrogens with zero attached hydrogens (tertiary/aromatic N) is 3. The van der Waals surface area contributed by atoms with E-state index in [1.165, 1.54) is 19.3 Å². The molecule has 0 atom stereocenters. The predicted octanol–water partition coefficient (Wildman–Crippen LogP) is 3.38. The number of urea groups is 1. The lowest BCUT2D eigenvalue weighted by molar-refractivity contribution is -0.0920. The van der Waals surface area contributed by atoms with E-state index in [4.69, 9.17) is 4.74 Å². The molecule has 1 aliphatic heterocycles. The van der Waals surface area contributed by atoms with Crippen molar-refractivity contribution in [1.82, 2.24) is 14.3 Å². The molecule has 2 aliphatic rings. The molecule has 0 unspecified atom stereocenters. The number of aromatic nitrogens is 2. The molecule has 0 spiro atoms. The van der Waals surface area contributed by atoms with Crippen LogP contribution in [-0.2, 0) is 4.74 Å². The molecule has 0 aromatic carbocycles. The van der Waals surface area contributed by atoms with Gasteiger partial charge in [-0.3, -0.25) is 9.72 Å². The van der Waals surface area contributed by atoms with Crippen LogP contribution in [0.2, 0.25) is 0 Å². The Labute approximate surface area is 149 Å². The number of carbonyl (C=O) groups is 1. The fourth-order valence-electron chi connectivity index (χ4n) is 3.89. The minimum atomic E-state index is -0.0668. The van der Waals surface area contributed by atoms with E-state index in [0.717, 1.165) is 29.8 Å². The number of nitrogens with one attached hydrogen (secondary N) is 1. The summed E-state index contributed by atoms with van der Waals surface area (Å²) in [7, 11) is 1.75. The summed E-state index contributed by atoms with van der Waals surface area (Å²) in [5.74, 6) is 1.39. The maximum atomic E-state index is 12.6. The van der Waals surface area contributed by atoms with Crippen LogP contribution in [0.15, 0.2) is 29.0 Å². The number of imidazole rings is 1. The van der Waals surface area contributed by atoms with Gasteiger partial charge in [-0.25, -0.2) is 9.78 Å². The predicted molar refractivity (Wildman–Crippen MR) is 95.1 cm³/mol. The molecule has 1 saturated carbocycles. The van der Waals surface area contributed by atoms with Crippen LogP contribution >= 0.6 is 15.9 Å². The monoisotopic (exact) mass is 392 g/mol. The standard InChI is InChI=1S/C17H21BrN4O2/c1-24-11-17(12-4-2-5-12)9-21(10-17)16(23)20-14-8-19-15-13(18)6-3-7-22(14)15/h3,6-8,12H,2,4-5,9-11H2,1H3,(H,20,23). The summed E-state index contributed by atoms with van der Waals surface area (Å²) in [5.41, 5.74) is 0.951. The van der Waals surface area contributed by atoms with Crippen LogP contribution < -0.4 is 5.32 Å². The number of rotatable bonds is 4. The van der Waals surface area contributed by atoms with E-state index < -0.39 is 0 Å². The van der Waals surface area contributed by atoms with Crippen molar-refractivity contribution in [3.63, 3.8) is 0 Å². The first-order valence-corrected chi connectivity index (χ1v) is 9.09. The van der Waals surface area contributed by atoms with Crippen LogP contribution in [0.1, 0.15) is 19.3 Å². The molecule has 0 bridgehead atoms. The lowest BCUT2D eigenvalue weighted by Gasteiger charge is -2.56. The first-order valence-electron chi connectivity index (χ1n) is 8.29. The third-order valence-corrected chi connectivity index (χ3v) is 6.04. The van der Waals surface area contributed by atoms with Crippen molar-refractivity contribution in [3.8, 4) is 0 Å². The van der Waals surface area contributed by atoms with Gasteiger partial charge in [0.15, 0.2) is 5.65 Å². The van der Waals surface area contributed by atoms with Crippen molar-refractivity contribution in [2.45, 2.75) is 19.3 Å². The zero-order chi connectivity index (χ0) is 16.7. The van der Waals surface area contributed by atoms with Gasteiger partial charge in [-0.15, -0.1) is 0 Å². The normalized spacial score (nSPS) is 19.8. The summed E-state index contributed by atoms with van der Waals surface area (Å²) < 4.78 is 8.21. The van der Waals surface area contributed by atoms with E-state index in [0.29, 0.717) is 11.7 Å². The SMILES string of the molecule is COCC1(C2CCC2)CN(C(=O)Nc2cnc3c(Br)cccn23)C1. The summed E-state index contributed by atoms with van der Waals surface area (Å²) in [5, 5.41) is 2.97. The van der Waals surface area contributed by atoms with Gasteiger partial charge in [-0.1, -0.05) is 6.42 Å². The zero-order valence-electron chi connectivity index (χ0n) is 13.7. The second-order valence-electron chi connectivity index (χ2n) is 6.90. The van der Waals surface area contributed by atoms with Crippen molar-refractivity contribution in [2.24, 2.45) is 11.3 Å². The second-order valence-corrected chi connectivity index (χ2v) is 7.76. The number of hydrogen-bond acceptors (Lipinski definition) is 3. The van der Waals surface area contributed by atoms with Crippen molar-refractivity contribution in [1.29, 1.82) is 0 Å². The Morgan fingerprint density at radius 3 is 2.96 bits per heavy atom. The zero-order valence-corrected chi connectivity index (χ0v) is 15.3. The third-order valence-electron chi connectivity index (χ3n) is 5.42. The summed E-state index contributed by atoms with van der Waals surface area (Å²) in [6.07, 6.45) is 7.41. The van der Waals surface area contributed by atoms with Crippen LogP contribution in [0.4, 0.5) is 10.6 Å². The highest BCUT2D eigenvalue weighted by Gasteiger charge is 2.52. The van der Waals surface area contributed by atoms with Gasteiger partial charge in [0, 0.05) is 31.8 Å². The number of anilines is 1. The number of halogens is 1. The maximum absolute atomic E-state index is 12.6. The summed E-state index contributed by atoms with van der Waals surface area (Å²) in [6, 6.07) is 3.78. The van der Waals surface area contributed by atoms with E-state index in [9.17, 15) is 4.79 Å². The Hall–Kier alpha value is -1.60. The molecule has 1 aliphatic carbocycles. The summed E-state index contributed by atoms with van der Waals surface area (Å²) >= 11 is 3.47. The van der Waals surface area contributed by atoms with E-state index in [1.807, 2.05) is 27.6 Å². The topological polar surface area (TPSA) is 58.9 Å². The molecule has 1 saturated heterocycles. The van der Waals surface area contributed by atoms with Crippen LogP contribution in [-0.4, -0.2) is 47.1 Å². The van der Waals surface area contributed by atoms with Crippen molar-refractivity contribution in [3.05, 3.63) is 29.0 Å². The molecule has 2 aromatic heterocycles. The van der Waals surface area contributed by atoms with Crippen LogP contribution in [0.5, 0.6) is 0 Å². The number of ether oxygens (including phenoxy) is 1. The molecule has 24 heavy (non-hydrogen) atoms. The van der Waals surface area contributed by atoms with E-state index in [2.05, 4.69) is 26.2 Å². The molecular formula is C17H21BrN4O2. The number of likely N-dealkylation sites (tertiary alicyclic amines) is 1. The maximum Gasteiger partial charge on any atom is 0.323 e. The number of hydrogen-bond donors (Lipinski definition) is 1. The van der Waals surface area contributed by atoms with Gasteiger partial charge in [0.1, 0.15) is 5.82 Å². The third kappa shape index (κ3) is 2.50. The minimum absolute atomic E-state index is 0.0668. The van der Waals surface area contributed by atoms with E-state index >= 15 is 0 Å². The van der Waals surface area contributed by atoms with Gasteiger partial charge in [0.25, 0.3) is 0 Å². The second kappa shape index (κ2) is 6.04. The van der Waals surface area contributed by atoms with Gasteiger partial charge in [0.2, 0.25) is 0 Å². The Balaban J connectivity index is 1.44. The van der Waals surface area contributed by atoms with E-state index in [-0.39, 0.29) is 11.4 Å². The number of fused-ring (bicyclic) bond motifs is 1. The van der Waals surface area contributed by atoms with Crippen LogP contribution in [0.3, 0.4) is 0 Å². The molecule has 7 heteroatoms. The molecule has 4 rings (SSSR count). The molecule has 2 amide bonds. The number of carbonyl (C=O) groups excluding carboxylic acids is 1. The minimum Gasteiger partial charge on any atom is -0.384 e. The molecule has 3 heterocycles. The number of pyridine rings is 1. The highest BCUT2D eigenvalue weighted by molar-refractivity contribution is 9.10. The smallest absolute Gasteiger partial charge is 0.323 e. The molecule has 0 radical (unpaired) electrons. The lowest BCUT2D eigenvalue weighted by Crippen LogP contribution is -2.65. The van der Waals surface area contributed by atoms with Crippen LogP contribution in [0, 0.1) is 11.3 Å². The van der Waals surface area contributed by atoms with Crippen molar-refractivity contribution in [2.75, 3.05) is 32.1 Å². The van der Waals surface area contributed by atoms with Gasteiger partial charge in [-0.2, -0.15) is 0 Å². The quantitative estimate of drug-likeness (QED) is 0.867. The van der Waals surface area contributed by atoms with Gasteiger partial charge in [-0.05, 0) is 46.8 Å². The van der Waals surface area contributed by atoms with Crippen molar-refractivity contribution >= 4 is 33.4 Å². The molecule has 6 nitrogen and oxygen atoms in total. The largest absolute Gasteiger partial charge is 0.384 e. The molecular weight excluding hydrogens is 372 g/mol. The Morgan fingerprint density at radius 1 is 1.50 bits per heavy atom. The van der Waals surface area contributed by atoms with E-state index in [1.54, 1.807) is 13.3 Å². The summed E-state index contributed by atoms with van der Waals surface area (Å²) in [6.45, 7) is 2.29. The fraction of sp³-hybridized carbons (Fsp3) is 0.529. The highest BCUT2D eigenvalue weighted by Crippen LogP contribution is 2.48. The Bertz CT molecular complexity index is 765. The average Bonchev–Trinajstić information content (AvgIpc) is 2.87. The first-order chi connectivity index (χ1) is 11.6. The molecule has 2 aromatic rings. The number of methoxy groups -OCH3 is 1. The molecule has 1 N–H and O–H groups in total. The molecule has 2 fully saturated rings. The van der Waals surface area contributed by atoms with Gasteiger partial charge >= 0.3 is 6.03 Å². The Kier molecular flexibility index (Phi) is 4.00. The van der Waals surface area contributed by atoms with Crippen molar-refractivity contribution < 1.29 is 9.53 Å². The average molecular weight is 393 g/mol. The fourth-order valence-corrected chi connectivity index (χ4v) is 4.34.